The Morgan fingerprint density at radius 1 is 1.18 bits per heavy atom. The van der Waals surface area contributed by atoms with Gasteiger partial charge in [-0.3, -0.25) is 19.3 Å². The molecule has 0 bridgehead atoms. The Bertz CT molecular complexity index is 1360. The van der Waals surface area contributed by atoms with E-state index in [4.69, 9.17) is 39.9 Å². The molecule has 0 unspecified atom stereocenters. The van der Waals surface area contributed by atoms with Crippen LogP contribution in [0.2, 0.25) is 15.1 Å². The van der Waals surface area contributed by atoms with Crippen molar-refractivity contribution in [1.29, 1.82) is 0 Å². The van der Waals surface area contributed by atoms with Gasteiger partial charge >= 0.3 is 5.97 Å². The van der Waals surface area contributed by atoms with E-state index in [1.54, 1.807) is 29.0 Å². The first-order valence-electron chi connectivity index (χ1n) is 11.0. The van der Waals surface area contributed by atoms with Crippen molar-refractivity contribution in [2.45, 2.75) is 22.9 Å². The van der Waals surface area contributed by atoms with E-state index in [0.29, 0.717) is 31.3 Å². The highest BCUT2D eigenvalue weighted by Gasteiger charge is 2.54. The number of carboxylic acid groups (broad SMARTS) is 1. The van der Waals surface area contributed by atoms with Crippen LogP contribution in [0.1, 0.15) is 10.4 Å². The number of aliphatic hydroxyl groups is 1. The van der Waals surface area contributed by atoms with Crippen molar-refractivity contribution in [3.8, 4) is 0 Å². The second-order valence-electron chi connectivity index (χ2n) is 8.13. The van der Waals surface area contributed by atoms with Gasteiger partial charge in [0.1, 0.15) is 29.4 Å². The number of aliphatic carboxylic acids is 1. The minimum absolute atomic E-state index is 0.0391. The Morgan fingerprint density at radius 3 is 2.63 bits per heavy atom. The van der Waals surface area contributed by atoms with Crippen molar-refractivity contribution >= 4 is 82.0 Å². The fourth-order valence-corrected chi connectivity index (χ4v) is 6.81. The first kappa shape index (κ1) is 28.5. The minimum Gasteiger partial charge on any atom is -0.477 e. The van der Waals surface area contributed by atoms with Gasteiger partial charge in [0.05, 0.1) is 20.8 Å². The highest BCUT2D eigenvalue weighted by molar-refractivity contribution is 8.00. The molecule has 3 amide bonds. The standard InChI is InChI=1S/C23H19Cl3N4O6S2/c24-13-4-15(26)16(5-14(13)25)37-9-17(32)28-18-21(34)30-19(23(35)36)12(8-38-22(18)30)7-29-3-1-2-11(6-29)20(33)27-10-31/h1-6,18,22,31H,7-10H2,(H2-,27,28,32,33,35,36)/p+1/t18-,22+/m0/s1. The Hall–Kier alpha value is -2.48. The number of amides is 3. The lowest BCUT2D eigenvalue weighted by molar-refractivity contribution is -0.689. The number of rotatable bonds is 9. The van der Waals surface area contributed by atoms with Crippen molar-refractivity contribution < 1.29 is 34.0 Å². The van der Waals surface area contributed by atoms with Crippen LogP contribution in [0.3, 0.4) is 0 Å². The molecule has 1 aromatic heterocycles. The highest BCUT2D eigenvalue weighted by Crippen LogP contribution is 2.40. The number of aromatic nitrogens is 1. The van der Waals surface area contributed by atoms with E-state index in [2.05, 4.69) is 10.6 Å². The molecular weight excluding hydrogens is 599 g/mol. The molecule has 4 rings (SSSR count). The molecule has 2 aliphatic rings. The van der Waals surface area contributed by atoms with E-state index in [9.17, 15) is 24.3 Å². The lowest BCUT2D eigenvalue weighted by Gasteiger charge is -2.49. The van der Waals surface area contributed by atoms with E-state index in [-0.39, 0.29) is 23.6 Å². The number of hydrogen-bond acceptors (Lipinski definition) is 7. The number of nitrogens with one attached hydrogen (secondary N) is 2. The van der Waals surface area contributed by atoms with Crippen LogP contribution < -0.4 is 15.2 Å². The van der Waals surface area contributed by atoms with E-state index >= 15 is 0 Å². The van der Waals surface area contributed by atoms with Crippen LogP contribution in [0.5, 0.6) is 0 Å². The largest absolute Gasteiger partial charge is 0.477 e. The second kappa shape index (κ2) is 12.1. The van der Waals surface area contributed by atoms with Gasteiger partial charge in [-0.2, -0.15) is 0 Å². The molecule has 10 nitrogen and oxygen atoms in total. The molecule has 15 heteroatoms. The van der Waals surface area contributed by atoms with Gasteiger partial charge in [-0.15, -0.1) is 23.5 Å². The lowest BCUT2D eigenvalue weighted by atomic mass is 10.0. The van der Waals surface area contributed by atoms with Crippen LogP contribution in [-0.4, -0.2) is 68.5 Å². The van der Waals surface area contributed by atoms with Gasteiger partial charge in [-0.05, 0) is 18.2 Å². The summed E-state index contributed by atoms with van der Waals surface area (Å²) >= 11 is 20.6. The number of aliphatic hydroxyl groups excluding tert-OH is 1. The summed E-state index contributed by atoms with van der Waals surface area (Å²) in [5.41, 5.74) is 0.619. The third-order valence-electron chi connectivity index (χ3n) is 5.63. The summed E-state index contributed by atoms with van der Waals surface area (Å²) in [5.74, 6) is -2.43. The van der Waals surface area contributed by atoms with Crippen molar-refractivity contribution in [1.82, 2.24) is 15.5 Å². The summed E-state index contributed by atoms with van der Waals surface area (Å²) in [4.78, 5) is 51.4. The van der Waals surface area contributed by atoms with Crippen LogP contribution in [0.4, 0.5) is 0 Å². The fraction of sp³-hybridized carbons (Fsp3) is 0.261. The molecule has 200 valence electrons. The number of benzene rings is 1. The summed E-state index contributed by atoms with van der Waals surface area (Å²) in [5, 5.41) is 24.1. The molecule has 4 N–H and O–H groups in total. The highest BCUT2D eigenvalue weighted by atomic mass is 35.5. The third kappa shape index (κ3) is 6.05. The van der Waals surface area contributed by atoms with Crippen molar-refractivity contribution in [3.63, 3.8) is 0 Å². The first-order chi connectivity index (χ1) is 18.1. The van der Waals surface area contributed by atoms with Gasteiger partial charge in [0, 0.05) is 22.3 Å². The molecule has 1 fully saturated rings. The molecule has 2 atom stereocenters. The minimum atomic E-state index is -1.26. The smallest absolute Gasteiger partial charge is 0.352 e. The molecule has 1 saturated heterocycles. The molecule has 3 heterocycles. The molecule has 2 aliphatic heterocycles. The number of β-lactam (4-membered cyclic amide) rings is 1. The van der Waals surface area contributed by atoms with Gasteiger partial charge in [0.15, 0.2) is 18.9 Å². The molecule has 38 heavy (non-hydrogen) atoms. The van der Waals surface area contributed by atoms with Crippen LogP contribution in [-0.2, 0) is 20.9 Å². The zero-order chi connectivity index (χ0) is 27.6. The van der Waals surface area contributed by atoms with Crippen LogP contribution >= 0.6 is 58.3 Å². The quantitative estimate of drug-likeness (QED) is 0.110. The monoisotopic (exact) mass is 617 g/mol. The molecule has 2 aromatic rings. The third-order valence-corrected chi connectivity index (χ3v) is 9.18. The van der Waals surface area contributed by atoms with Crippen LogP contribution in [0.25, 0.3) is 0 Å². The summed E-state index contributed by atoms with van der Waals surface area (Å²) in [6, 6.07) is 5.34. The maximum Gasteiger partial charge on any atom is 0.352 e. The van der Waals surface area contributed by atoms with E-state index < -0.39 is 41.8 Å². The summed E-state index contributed by atoms with van der Waals surface area (Å²) in [6.07, 6.45) is 3.19. The zero-order valence-corrected chi connectivity index (χ0v) is 23.2. The zero-order valence-electron chi connectivity index (χ0n) is 19.3. The Morgan fingerprint density at radius 2 is 1.92 bits per heavy atom. The molecule has 0 radical (unpaired) electrons. The normalized spacial score (nSPS) is 18.5. The number of carboxylic acids is 1. The average Bonchev–Trinajstić information content (AvgIpc) is 2.88. The number of carbonyl (C=O) groups excluding carboxylic acids is 3. The predicted molar refractivity (Wildman–Crippen MR) is 143 cm³/mol. The van der Waals surface area contributed by atoms with E-state index in [1.807, 2.05) is 0 Å². The van der Waals surface area contributed by atoms with Crippen molar-refractivity contribution in [2.24, 2.45) is 0 Å². The van der Waals surface area contributed by atoms with Crippen LogP contribution in [0.15, 0.2) is 52.8 Å². The van der Waals surface area contributed by atoms with E-state index in [1.165, 1.54) is 28.9 Å². The first-order valence-corrected chi connectivity index (χ1v) is 14.1. The predicted octanol–water partition coefficient (Wildman–Crippen LogP) is 2.14. The van der Waals surface area contributed by atoms with Gasteiger partial charge < -0.3 is 20.8 Å². The SMILES string of the molecule is O=C(CSc1cc(Cl)c(Cl)cc1Cl)N[C@H]1C(=O)N2C(C(=O)O)=C(C[n+]3cccc(C(=O)NCO)c3)CS[C@H]12. The maximum absolute atomic E-state index is 12.9. The Balaban J connectivity index is 1.43. The van der Waals surface area contributed by atoms with Crippen molar-refractivity contribution in [3.05, 3.63) is 68.6 Å². The fourth-order valence-electron chi connectivity index (χ4n) is 3.93. The Kier molecular flexibility index (Phi) is 9.11. The van der Waals surface area contributed by atoms with Crippen LogP contribution in [0, 0.1) is 0 Å². The number of halogens is 3. The van der Waals surface area contributed by atoms with Crippen molar-refractivity contribution in [2.75, 3.05) is 18.2 Å². The molecule has 0 saturated carbocycles. The Labute approximate surface area is 240 Å². The average molecular weight is 619 g/mol. The van der Waals surface area contributed by atoms with Gasteiger partial charge in [0.2, 0.25) is 5.91 Å². The number of thioether (sulfide) groups is 2. The number of nitrogens with zero attached hydrogens (tertiary/aromatic N) is 2. The number of carbonyl (C=O) groups is 4. The second-order valence-corrected chi connectivity index (χ2v) is 11.5. The number of hydrogen-bond donors (Lipinski definition) is 4. The molecule has 0 aliphatic carbocycles. The summed E-state index contributed by atoms with van der Waals surface area (Å²) < 4.78 is 1.63. The van der Waals surface area contributed by atoms with Gasteiger partial charge in [0.25, 0.3) is 11.8 Å². The van der Waals surface area contributed by atoms with Gasteiger partial charge in [-0.25, -0.2) is 9.36 Å². The summed E-state index contributed by atoms with van der Waals surface area (Å²) in [7, 11) is 0. The molecule has 1 aromatic carbocycles. The van der Waals surface area contributed by atoms with E-state index in [0.717, 1.165) is 11.8 Å². The maximum atomic E-state index is 12.9. The van der Waals surface area contributed by atoms with Gasteiger partial charge in [-0.1, -0.05) is 34.8 Å². The molecule has 0 spiro atoms. The number of fused-ring (bicyclic) bond motifs is 1. The summed E-state index contributed by atoms with van der Waals surface area (Å²) in [6.45, 7) is -0.389. The lowest BCUT2D eigenvalue weighted by Crippen LogP contribution is -2.71. The number of pyridine rings is 1. The topological polar surface area (TPSA) is 140 Å². The molecular formula is C23H20Cl3N4O6S2+.